The SMILES string of the molecule is CCS(=O)(=O)c1ccccc1C(=O)N1CCN(Cc2ccccn2)CC1. The van der Waals surface area contributed by atoms with E-state index in [2.05, 4.69) is 9.88 Å². The highest BCUT2D eigenvalue weighted by molar-refractivity contribution is 7.91. The van der Waals surface area contributed by atoms with E-state index in [9.17, 15) is 13.2 Å². The smallest absolute Gasteiger partial charge is 0.255 e. The van der Waals surface area contributed by atoms with Crippen molar-refractivity contribution in [3.8, 4) is 0 Å². The highest BCUT2D eigenvalue weighted by atomic mass is 32.2. The van der Waals surface area contributed by atoms with Crippen LogP contribution in [0.5, 0.6) is 0 Å². The van der Waals surface area contributed by atoms with Crippen molar-refractivity contribution in [2.45, 2.75) is 18.4 Å². The first kappa shape index (κ1) is 18.5. The number of pyridine rings is 1. The molecule has 1 aliphatic rings. The van der Waals surface area contributed by atoms with Crippen molar-refractivity contribution in [3.63, 3.8) is 0 Å². The minimum absolute atomic E-state index is 0.0187. The van der Waals surface area contributed by atoms with Crippen LogP contribution in [0.25, 0.3) is 0 Å². The van der Waals surface area contributed by atoms with Gasteiger partial charge in [0, 0.05) is 38.9 Å². The van der Waals surface area contributed by atoms with E-state index in [0.717, 1.165) is 25.3 Å². The van der Waals surface area contributed by atoms with Gasteiger partial charge in [-0.3, -0.25) is 14.7 Å². The number of rotatable bonds is 5. The summed E-state index contributed by atoms with van der Waals surface area (Å²) in [4.78, 5) is 21.3. The van der Waals surface area contributed by atoms with E-state index in [1.165, 1.54) is 6.07 Å². The molecule has 1 saturated heterocycles. The van der Waals surface area contributed by atoms with Crippen LogP contribution in [0.3, 0.4) is 0 Å². The number of carbonyl (C=O) groups excluding carboxylic acids is 1. The highest BCUT2D eigenvalue weighted by Gasteiger charge is 2.27. The lowest BCUT2D eigenvalue weighted by Gasteiger charge is -2.34. The predicted octanol–water partition coefficient (Wildman–Crippen LogP) is 1.83. The van der Waals surface area contributed by atoms with Gasteiger partial charge in [-0.05, 0) is 24.3 Å². The number of hydrogen-bond donors (Lipinski definition) is 0. The van der Waals surface area contributed by atoms with Gasteiger partial charge in [0.1, 0.15) is 0 Å². The van der Waals surface area contributed by atoms with E-state index in [1.54, 1.807) is 36.2 Å². The van der Waals surface area contributed by atoms with Gasteiger partial charge in [0.05, 0.1) is 21.9 Å². The molecule has 1 aliphatic heterocycles. The molecule has 7 heteroatoms. The maximum absolute atomic E-state index is 12.9. The molecule has 0 bridgehead atoms. The first-order valence-electron chi connectivity index (χ1n) is 8.74. The van der Waals surface area contributed by atoms with Gasteiger partial charge >= 0.3 is 0 Å². The lowest BCUT2D eigenvalue weighted by molar-refractivity contribution is 0.0623. The molecule has 1 aromatic heterocycles. The molecule has 0 unspecified atom stereocenters. The molecule has 0 atom stereocenters. The molecule has 0 N–H and O–H groups in total. The Labute approximate surface area is 154 Å². The Kier molecular flexibility index (Phi) is 5.68. The topological polar surface area (TPSA) is 70.6 Å². The van der Waals surface area contributed by atoms with Crippen molar-refractivity contribution in [1.82, 2.24) is 14.8 Å². The average molecular weight is 373 g/mol. The summed E-state index contributed by atoms with van der Waals surface area (Å²) in [6.07, 6.45) is 1.78. The number of piperazine rings is 1. The van der Waals surface area contributed by atoms with Gasteiger partial charge in [0.25, 0.3) is 5.91 Å². The Hall–Kier alpha value is -2.25. The van der Waals surface area contributed by atoms with Crippen LogP contribution in [0.4, 0.5) is 0 Å². The van der Waals surface area contributed by atoms with Gasteiger partial charge in [-0.15, -0.1) is 0 Å². The molecule has 2 aromatic rings. The summed E-state index contributed by atoms with van der Waals surface area (Å²) in [5, 5.41) is 0. The molecule has 6 nitrogen and oxygen atoms in total. The molecule has 1 fully saturated rings. The quantitative estimate of drug-likeness (QED) is 0.800. The van der Waals surface area contributed by atoms with Gasteiger partial charge in [0.15, 0.2) is 9.84 Å². The lowest BCUT2D eigenvalue weighted by Crippen LogP contribution is -2.48. The van der Waals surface area contributed by atoms with Crippen LogP contribution in [0, 0.1) is 0 Å². The van der Waals surface area contributed by atoms with Crippen molar-refractivity contribution in [2.75, 3.05) is 31.9 Å². The number of aromatic nitrogens is 1. The minimum atomic E-state index is -3.43. The fraction of sp³-hybridized carbons (Fsp3) is 0.368. The van der Waals surface area contributed by atoms with Gasteiger partial charge in [-0.1, -0.05) is 25.1 Å². The number of nitrogens with zero attached hydrogens (tertiary/aromatic N) is 3. The Morgan fingerprint density at radius 3 is 2.38 bits per heavy atom. The molecule has 1 aromatic carbocycles. The zero-order valence-corrected chi connectivity index (χ0v) is 15.7. The molecule has 0 aliphatic carbocycles. The molecule has 3 rings (SSSR count). The van der Waals surface area contributed by atoms with Crippen molar-refractivity contribution in [1.29, 1.82) is 0 Å². The Morgan fingerprint density at radius 2 is 1.73 bits per heavy atom. The van der Waals surface area contributed by atoms with Crippen molar-refractivity contribution in [3.05, 3.63) is 59.9 Å². The van der Waals surface area contributed by atoms with Crippen LogP contribution < -0.4 is 0 Å². The van der Waals surface area contributed by atoms with E-state index in [1.807, 2.05) is 18.2 Å². The zero-order valence-electron chi connectivity index (χ0n) is 14.8. The fourth-order valence-corrected chi connectivity index (χ4v) is 4.16. The maximum atomic E-state index is 12.9. The molecule has 0 saturated carbocycles. The number of benzene rings is 1. The molecule has 0 radical (unpaired) electrons. The van der Waals surface area contributed by atoms with Gasteiger partial charge in [-0.2, -0.15) is 0 Å². The van der Waals surface area contributed by atoms with Crippen LogP contribution in [0.15, 0.2) is 53.6 Å². The van der Waals surface area contributed by atoms with E-state index in [-0.39, 0.29) is 22.1 Å². The summed E-state index contributed by atoms with van der Waals surface area (Å²) in [7, 11) is -3.43. The highest BCUT2D eigenvalue weighted by Crippen LogP contribution is 2.20. The number of hydrogen-bond acceptors (Lipinski definition) is 5. The minimum Gasteiger partial charge on any atom is -0.336 e. The summed E-state index contributed by atoms with van der Waals surface area (Å²) in [5.41, 5.74) is 1.28. The van der Waals surface area contributed by atoms with E-state index in [0.29, 0.717) is 13.1 Å². The molecule has 2 heterocycles. The second-order valence-electron chi connectivity index (χ2n) is 6.29. The second-order valence-corrected chi connectivity index (χ2v) is 8.54. The van der Waals surface area contributed by atoms with Gasteiger partial charge in [0.2, 0.25) is 0 Å². The normalized spacial score (nSPS) is 15.8. The van der Waals surface area contributed by atoms with E-state index in [4.69, 9.17) is 0 Å². The summed E-state index contributed by atoms with van der Waals surface area (Å²) in [6.45, 7) is 4.98. The molecule has 138 valence electrons. The Bertz CT molecular complexity index is 861. The number of carbonyl (C=O) groups is 1. The standard InChI is InChI=1S/C19H23N3O3S/c1-2-26(24,25)18-9-4-3-8-17(18)19(23)22-13-11-21(12-14-22)15-16-7-5-6-10-20-16/h3-10H,2,11-15H2,1H3. The van der Waals surface area contributed by atoms with Crippen LogP contribution in [0.1, 0.15) is 23.0 Å². The van der Waals surface area contributed by atoms with Crippen molar-refractivity contribution in [2.24, 2.45) is 0 Å². The Morgan fingerprint density at radius 1 is 1.04 bits per heavy atom. The summed E-state index contributed by atoms with van der Waals surface area (Å²) < 4.78 is 24.6. The van der Waals surface area contributed by atoms with Crippen LogP contribution >= 0.6 is 0 Å². The molecule has 0 spiro atoms. The third-order valence-electron chi connectivity index (χ3n) is 4.60. The van der Waals surface area contributed by atoms with Crippen LogP contribution in [0.2, 0.25) is 0 Å². The zero-order chi connectivity index (χ0) is 18.6. The third-order valence-corrected chi connectivity index (χ3v) is 6.39. The first-order valence-corrected chi connectivity index (χ1v) is 10.4. The summed E-state index contributed by atoms with van der Waals surface area (Å²) >= 11 is 0. The van der Waals surface area contributed by atoms with Gasteiger partial charge < -0.3 is 4.90 Å². The van der Waals surface area contributed by atoms with E-state index < -0.39 is 9.84 Å². The van der Waals surface area contributed by atoms with Crippen LogP contribution in [-0.2, 0) is 16.4 Å². The Balaban J connectivity index is 1.68. The summed E-state index contributed by atoms with van der Waals surface area (Å²) in [6, 6.07) is 12.3. The predicted molar refractivity (Wildman–Crippen MR) is 99.6 cm³/mol. The maximum Gasteiger partial charge on any atom is 0.255 e. The van der Waals surface area contributed by atoms with Gasteiger partial charge in [-0.25, -0.2) is 8.42 Å². The number of amides is 1. The van der Waals surface area contributed by atoms with E-state index >= 15 is 0 Å². The first-order chi connectivity index (χ1) is 12.5. The van der Waals surface area contributed by atoms with Crippen molar-refractivity contribution >= 4 is 15.7 Å². The molecule has 26 heavy (non-hydrogen) atoms. The monoisotopic (exact) mass is 373 g/mol. The number of sulfone groups is 1. The largest absolute Gasteiger partial charge is 0.336 e. The summed E-state index contributed by atoms with van der Waals surface area (Å²) in [5.74, 6) is -0.232. The second kappa shape index (κ2) is 7.97. The molecular weight excluding hydrogens is 350 g/mol. The van der Waals surface area contributed by atoms with Crippen LogP contribution in [-0.4, -0.2) is 61.0 Å². The third kappa shape index (κ3) is 4.11. The van der Waals surface area contributed by atoms with Crippen molar-refractivity contribution < 1.29 is 13.2 Å². The average Bonchev–Trinajstić information content (AvgIpc) is 2.69. The fourth-order valence-electron chi connectivity index (χ4n) is 3.07. The molecular formula is C19H23N3O3S. The lowest BCUT2D eigenvalue weighted by atomic mass is 10.1. The molecule has 1 amide bonds.